The van der Waals surface area contributed by atoms with Gasteiger partial charge in [0.15, 0.2) is 0 Å². The Morgan fingerprint density at radius 3 is 2.50 bits per heavy atom. The second-order valence-corrected chi connectivity index (χ2v) is 9.46. The fourth-order valence-corrected chi connectivity index (χ4v) is 5.29. The first kappa shape index (κ1) is 21.3. The number of hydrogen-bond donors (Lipinski definition) is 0. The Morgan fingerprint density at radius 1 is 1.10 bits per heavy atom. The van der Waals surface area contributed by atoms with Gasteiger partial charge in [0.1, 0.15) is 0 Å². The maximum Gasteiger partial charge on any atom is 0.228 e. The summed E-state index contributed by atoms with van der Waals surface area (Å²) in [7, 11) is 0. The molecule has 0 radical (unpaired) electrons. The number of rotatable bonds is 5. The van der Waals surface area contributed by atoms with E-state index in [9.17, 15) is 9.59 Å². The van der Waals surface area contributed by atoms with Crippen LogP contribution in [-0.2, 0) is 20.9 Å². The van der Waals surface area contributed by atoms with Crippen molar-refractivity contribution in [3.05, 3.63) is 35.4 Å². The summed E-state index contributed by atoms with van der Waals surface area (Å²) >= 11 is 0. The van der Waals surface area contributed by atoms with Gasteiger partial charge in [-0.1, -0.05) is 29.8 Å². The Balaban J connectivity index is 1.35. The topological polar surface area (TPSA) is 53.1 Å². The molecule has 164 valence electrons. The van der Waals surface area contributed by atoms with Crippen LogP contribution in [0.3, 0.4) is 0 Å². The summed E-state index contributed by atoms with van der Waals surface area (Å²) in [5.41, 5.74) is 2.33. The van der Waals surface area contributed by atoms with Gasteiger partial charge in [-0.2, -0.15) is 0 Å². The second-order valence-electron chi connectivity index (χ2n) is 9.46. The van der Waals surface area contributed by atoms with E-state index >= 15 is 0 Å². The highest BCUT2D eigenvalue weighted by Crippen LogP contribution is 2.27. The van der Waals surface area contributed by atoms with Gasteiger partial charge in [0.25, 0.3) is 0 Å². The summed E-state index contributed by atoms with van der Waals surface area (Å²) in [4.78, 5) is 32.3. The molecule has 1 aromatic carbocycles. The molecule has 2 amide bonds. The Morgan fingerprint density at radius 2 is 1.80 bits per heavy atom. The molecule has 0 aliphatic carbocycles. The lowest BCUT2D eigenvalue weighted by molar-refractivity contribution is -0.137. The van der Waals surface area contributed by atoms with Gasteiger partial charge >= 0.3 is 0 Å². The average Bonchev–Trinajstić information content (AvgIpc) is 3.29. The van der Waals surface area contributed by atoms with E-state index in [-0.39, 0.29) is 36.0 Å². The lowest BCUT2D eigenvalue weighted by Gasteiger charge is -2.38. The summed E-state index contributed by atoms with van der Waals surface area (Å²) in [6.45, 7) is 11.0. The van der Waals surface area contributed by atoms with Gasteiger partial charge in [-0.25, -0.2) is 0 Å². The predicted octanol–water partition coefficient (Wildman–Crippen LogP) is 2.44. The standard InChI is InChI=1S/C24H35N3O3/c1-17-6-8-20(9-7-17)14-26-15-21(11-23(26)28)24(29)27-10-4-5-22(27)16-25-12-18(2)30-19(3)13-25/h6-9,18-19,21-22H,4-5,10-16H2,1-3H3/t18-,19-,21-,22-/m1/s1. The smallest absolute Gasteiger partial charge is 0.228 e. The molecular weight excluding hydrogens is 378 g/mol. The molecular formula is C24H35N3O3. The fourth-order valence-electron chi connectivity index (χ4n) is 5.29. The van der Waals surface area contributed by atoms with Crippen LogP contribution in [0.2, 0.25) is 0 Å². The zero-order chi connectivity index (χ0) is 21.3. The average molecular weight is 414 g/mol. The highest BCUT2D eigenvalue weighted by atomic mass is 16.5. The molecule has 4 atom stereocenters. The van der Waals surface area contributed by atoms with Crippen LogP contribution in [0.15, 0.2) is 24.3 Å². The van der Waals surface area contributed by atoms with Gasteiger partial charge in [-0.15, -0.1) is 0 Å². The molecule has 0 spiro atoms. The third-order valence-electron chi connectivity index (χ3n) is 6.68. The number of likely N-dealkylation sites (tertiary alicyclic amines) is 2. The van der Waals surface area contributed by atoms with Crippen molar-refractivity contribution >= 4 is 11.8 Å². The Labute approximate surface area is 180 Å². The van der Waals surface area contributed by atoms with E-state index < -0.39 is 0 Å². The van der Waals surface area contributed by atoms with Crippen LogP contribution in [0.25, 0.3) is 0 Å². The maximum absolute atomic E-state index is 13.3. The summed E-state index contributed by atoms with van der Waals surface area (Å²) in [6.07, 6.45) is 2.93. The third-order valence-corrected chi connectivity index (χ3v) is 6.68. The van der Waals surface area contributed by atoms with E-state index in [0.29, 0.717) is 19.5 Å². The van der Waals surface area contributed by atoms with E-state index in [1.807, 2.05) is 4.90 Å². The molecule has 0 saturated carbocycles. The number of hydrogen-bond acceptors (Lipinski definition) is 4. The Hall–Kier alpha value is -1.92. The first-order valence-electron chi connectivity index (χ1n) is 11.4. The molecule has 3 saturated heterocycles. The molecule has 3 fully saturated rings. The molecule has 0 aromatic heterocycles. The minimum absolute atomic E-state index is 0.0977. The van der Waals surface area contributed by atoms with Crippen LogP contribution in [0.1, 0.15) is 44.2 Å². The number of carbonyl (C=O) groups excluding carboxylic acids is 2. The zero-order valence-electron chi connectivity index (χ0n) is 18.5. The van der Waals surface area contributed by atoms with Crippen molar-refractivity contribution in [2.24, 2.45) is 5.92 Å². The monoisotopic (exact) mass is 413 g/mol. The van der Waals surface area contributed by atoms with Gasteiger partial charge < -0.3 is 14.5 Å². The highest BCUT2D eigenvalue weighted by Gasteiger charge is 2.40. The summed E-state index contributed by atoms with van der Waals surface area (Å²) in [5, 5.41) is 0. The SMILES string of the molecule is Cc1ccc(CN2C[C@H](C(=O)N3CCC[C@@H]3CN3C[C@@H](C)O[C@H](C)C3)CC2=O)cc1. The number of ether oxygens (including phenoxy) is 1. The highest BCUT2D eigenvalue weighted by molar-refractivity contribution is 5.89. The first-order chi connectivity index (χ1) is 14.4. The van der Waals surface area contributed by atoms with E-state index in [1.54, 1.807) is 0 Å². The van der Waals surface area contributed by atoms with Gasteiger partial charge in [0.2, 0.25) is 11.8 Å². The second kappa shape index (κ2) is 9.06. The van der Waals surface area contributed by atoms with Crippen LogP contribution in [0, 0.1) is 12.8 Å². The molecule has 3 aliphatic rings. The predicted molar refractivity (Wildman–Crippen MR) is 116 cm³/mol. The summed E-state index contributed by atoms with van der Waals surface area (Å²) < 4.78 is 5.85. The maximum atomic E-state index is 13.3. The number of morpholine rings is 1. The minimum Gasteiger partial charge on any atom is -0.373 e. The van der Waals surface area contributed by atoms with Crippen molar-refractivity contribution in [1.29, 1.82) is 0 Å². The molecule has 30 heavy (non-hydrogen) atoms. The molecule has 3 aliphatic heterocycles. The van der Waals surface area contributed by atoms with Gasteiger partial charge in [0.05, 0.1) is 18.1 Å². The van der Waals surface area contributed by atoms with E-state index in [0.717, 1.165) is 44.6 Å². The molecule has 0 N–H and O–H groups in total. The largest absolute Gasteiger partial charge is 0.373 e. The number of benzene rings is 1. The lowest BCUT2D eigenvalue weighted by atomic mass is 10.1. The first-order valence-corrected chi connectivity index (χ1v) is 11.4. The van der Waals surface area contributed by atoms with Gasteiger partial charge in [0, 0.05) is 51.7 Å². The number of amides is 2. The van der Waals surface area contributed by atoms with Crippen LogP contribution < -0.4 is 0 Å². The number of nitrogens with zero attached hydrogens (tertiary/aromatic N) is 3. The van der Waals surface area contributed by atoms with Crippen LogP contribution >= 0.6 is 0 Å². The fraction of sp³-hybridized carbons (Fsp3) is 0.667. The minimum atomic E-state index is -0.203. The van der Waals surface area contributed by atoms with Crippen molar-refractivity contribution in [3.8, 4) is 0 Å². The molecule has 6 heteroatoms. The van der Waals surface area contributed by atoms with Crippen molar-refractivity contribution in [3.63, 3.8) is 0 Å². The van der Waals surface area contributed by atoms with Crippen molar-refractivity contribution in [2.75, 3.05) is 32.7 Å². The van der Waals surface area contributed by atoms with E-state index in [1.165, 1.54) is 5.56 Å². The normalized spacial score (nSPS) is 30.3. The van der Waals surface area contributed by atoms with Crippen molar-refractivity contribution < 1.29 is 14.3 Å². The lowest BCUT2D eigenvalue weighted by Crippen LogP contribution is -2.51. The molecule has 0 unspecified atom stereocenters. The quantitative estimate of drug-likeness (QED) is 0.744. The van der Waals surface area contributed by atoms with Gasteiger partial charge in [-0.05, 0) is 39.2 Å². The van der Waals surface area contributed by atoms with Crippen LogP contribution in [0.4, 0.5) is 0 Å². The molecule has 4 rings (SSSR count). The third kappa shape index (κ3) is 4.86. The number of carbonyl (C=O) groups is 2. The summed E-state index contributed by atoms with van der Waals surface area (Å²) in [6, 6.07) is 8.54. The number of aryl methyl sites for hydroxylation is 1. The Bertz CT molecular complexity index is 755. The van der Waals surface area contributed by atoms with Gasteiger partial charge in [-0.3, -0.25) is 14.5 Å². The van der Waals surface area contributed by atoms with Crippen LogP contribution in [-0.4, -0.2) is 77.5 Å². The Kier molecular flexibility index (Phi) is 6.44. The van der Waals surface area contributed by atoms with Crippen molar-refractivity contribution in [1.82, 2.24) is 14.7 Å². The molecule has 6 nitrogen and oxygen atoms in total. The molecule has 1 aromatic rings. The van der Waals surface area contributed by atoms with E-state index in [4.69, 9.17) is 4.74 Å². The van der Waals surface area contributed by atoms with E-state index in [2.05, 4.69) is 54.8 Å². The zero-order valence-corrected chi connectivity index (χ0v) is 18.5. The summed E-state index contributed by atoms with van der Waals surface area (Å²) in [5.74, 6) is 0.0678. The van der Waals surface area contributed by atoms with Crippen LogP contribution in [0.5, 0.6) is 0 Å². The van der Waals surface area contributed by atoms with Crippen molar-refractivity contribution in [2.45, 2.75) is 64.8 Å². The molecule has 0 bridgehead atoms. The molecule has 3 heterocycles.